The first kappa shape index (κ1) is 27.2. The molecule has 6 nitrogen and oxygen atoms in total. The summed E-state index contributed by atoms with van der Waals surface area (Å²) in [5.41, 5.74) is 1.39. The number of anilines is 1. The van der Waals surface area contributed by atoms with Gasteiger partial charge in [-0.05, 0) is 72.7 Å². The second kappa shape index (κ2) is 11.7. The van der Waals surface area contributed by atoms with Gasteiger partial charge in [0, 0.05) is 5.02 Å². The number of ether oxygens (including phenoxy) is 2. The Hall–Kier alpha value is -2.81. The lowest BCUT2D eigenvalue weighted by Gasteiger charge is -2.29. The zero-order chi connectivity index (χ0) is 26.7. The zero-order valence-electron chi connectivity index (χ0n) is 19.2. The van der Waals surface area contributed by atoms with Crippen molar-refractivity contribution in [2.24, 2.45) is 0 Å². The van der Waals surface area contributed by atoms with Gasteiger partial charge < -0.3 is 9.47 Å². The van der Waals surface area contributed by atoms with Gasteiger partial charge in [0.2, 0.25) is 0 Å². The predicted octanol–water partition coefficient (Wildman–Crippen LogP) is 7.11. The summed E-state index contributed by atoms with van der Waals surface area (Å²) >= 11 is 30.1. The van der Waals surface area contributed by atoms with Crippen LogP contribution in [0.25, 0.3) is 6.08 Å². The Kier molecular flexibility index (Phi) is 8.62. The van der Waals surface area contributed by atoms with Crippen molar-refractivity contribution >= 4 is 87.3 Å². The first-order chi connectivity index (χ1) is 17.7. The summed E-state index contributed by atoms with van der Waals surface area (Å²) < 4.78 is 11.7. The van der Waals surface area contributed by atoms with E-state index < -0.39 is 11.8 Å². The standard InChI is InChI=1S/C26H18Cl4N2O4S/c1-2-35-21-12-15(11-19(29)23(21)36-13-14-6-8-16(27)9-7-14)10-17-24(33)31-26(37)32(25(17)34)20-5-3-4-18(28)22(20)30/h3-12H,2,13H2,1H3,(H,31,33,37)/b17-10+. The molecule has 1 heterocycles. The minimum atomic E-state index is -0.671. The third kappa shape index (κ3) is 6.03. The molecule has 4 rings (SSSR count). The Morgan fingerprint density at radius 3 is 2.41 bits per heavy atom. The number of nitrogens with zero attached hydrogens (tertiary/aromatic N) is 1. The molecule has 0 aromatic heterocycles. The highest BCUT2D eigenvalue weighted by molar-refractivity contribution is 7.80. The average Bonchev–Trinajstić information content (AvgIpc) is 2.85. The molecule has 0 spiro atoms. The fourth-order valence-electron chi connectivity index (χ4n) is 3.52. The average molecular weight is 596 g/mol. The minimum Gasteiger partial charge on any atom is -0.490 e. The van der Waals surface area contributed by atoms with Crippen molar-refractivity contribution in [1.82, 2.24) is 5.32 Å². The molecule has 0 radical (unpaired) electrons. The highest BCUT2D eigenvalue weighted by Gasteiger charge is 2.35. The Bertz CT molecular complexity index is 1430. The van der Waals surface area contributed by atoms with Crippen molar-refractivity contribution in [3.05, 3.63) is 91.4 Å². The molecular weight excluding hydrogens is 578 g/mol. The molecule has 1 N–H and O–H groups in total. The molecule has 0 unspecified atom stereocenters. The van der Waals surface area contributed by atoms with Crippen LogP contribution in [-0.4, -0.2) is 23.5 Å². The molecule has 0 bridgehead atoms. The summed E-state index contributed by atoms with van der Waals surface area (Å²) in [6.45, 7) is 2.38. The van der Waals surface area contributed by atoms with Gasteiger partial charge in [0.25, 0.3) is 11.8 Å². The Morgan fingerprint density at radius 1 is 0.973 bits per heavy atom. The molecule has 11 heteroatoms. The lowest BCUT2D eigenvalue weighted by Crippen LogP contribution is -2.54. The van der Waals surface area contributed by atoms with Gasteiger partial charge in [-0.25, -0.2) is 0 Å². The van der Waals surface area contributed by atoms with Gasteiger partial charge >= 0.3 is 0 Å². The van der Waals surface area contributed by atoms with Gasteiger partial charge in [-0.2, -0.15) is 0 Å². The maximum absolute atomic E-state index is 13.4. The maximum Gasteiger partial charge on any atom is 0.270 e. The smallest absolute Gasteiger partial charge is 0.270 e. The van der Waals surface area contributed by atoms with E-state index in [-0.39, 0.29) is 38.0 Å². The highest BCUT2D eigenvalue weighted by Crippen LogP contribution is 2.39. The van der Waals surface area contributed by atoms with Crippen LogP contribution in [0.3, 0.4) is 0 Å². The van der Waals surface area contributed by atoms with Crippen LogP contribution in [0.15, 0.2) is 60.2 Å². The van der Waals surface area contributed by atoms with E-state index in [9.17, 15) is 9.59 Å². The Balaban J connectivity index is 1.67. The van der Waals surface area contributed by atoms with Gasteiger partial charge in [-0.1, -0.05) is 64.6 Å². The third-order valence-electron chi connectivity index (χ3n) is 5.21. The fraction of sp³-hybridized carbons (Fsp3) is 0.115. The van der Waals surface area contributed by atoms with Crippen LogP contribution < -0.4 is 19.7 Å². The molecule has 190 valence electrons. The van der Waals surface area contributed by atoms with E-state index in [0.29, 0.717) is 28.7 Å². The first-order valence-electron chi connectivity index (χ1n) is 10.9. The zero-order valence-corrected chi connectivity index (χ0v) is 23.0. The van der Waals surface area contributed by atoms with Gasteiger partial charge in [-0.15, -0.1) is 0 Å². The van der Waals surface area contributed by atoms with E-state index in [1.807, 2.05) is 19.1 Å². The molecule has 1 aliphatic rings. The van der Waals surface area contributed by atoms with Crippen molar-refractivity contribution in [3.8, 4) is 11.5 Å². The SMILES string of the molecule is CCOc1cc(/C=C2\C(=O)NC(=S)N(c3cccc(Cl)c3Cl)C2=O)cc(Cl)c1OCc1ccc(Cl)cc1. The van der Waals surface area contributed by atoms with Crippen LogP contribution >= 0.6 is 58.6 Å². The third-order valence-corrected chi connectivity index (χ3v) is 6.84. The highest BCUT2D eigenvalue weighted by atomic mass is 35.5. The monoisotopic (exact) mass is 594 g/mol. The minimum absolute atomic E-state index is 0.115. The normalized spacial score (nSPS) is 14.7. The lowest BCUT2D eigenvalue weighted by atomic mass is 10.1. The fourth-order valence-corrected chi connectivity index (χ4v) is 4.57. The molecule has 0 aliphatic carbocycles. The molecule has 2 amide bonds. The van der Waals surface area contributed by atoms with E-state index in [2.05, 4.69) is 5.32 Å². The molecule has 3 aromatic rings. The topological polar surface area (TPSA) is 67.9 Å². The second-order valence-corrected chi connectivity index (χ2v) is 9.72. The van der Waals surface area contributed by atoms with Gasteiger partial charge in [0.1, 0.15) is 12.2 Å². The predicted molar refractivity (Wildman–Crippen MR) is 151 cm³/mol. The molecule has 0 saturated carbocycles. The van der Waals surface area contributed by atoms with Gasteiger partial charge in [0.05, 0.1) is 27.4 Å². The second-order valence-electron chi connectivity index (χ2n) is 7.71. The van der Waals surface area contributed by atoms with Crippen molar-refractivity contribution < 1.29 is 19.1 Å². The number of rotatable bonds is 7. The summed E-state index contributed by atoms with van der Waals surface area (Å²) in [6.07, 6.45) is 1.39. The van der Waals surface area contributed by atoms with Crippen LogP contribution in [0.1, 0.15) is 18.1 Å². The molecule has 1 fully saturated rings. The number of benzene rings is 3. The maximum atomic E-state index is 13.4. The first-order valence-corrected chi connectivity index (χ1v) is 12.8. The van der Waals surface area contributed by atoms with E-state index in [0.717, 1.165) is 10.5 Å². The van der Waals surface area contributed by atoms with Crippen LogP contribution in [-0.2, 0) is 16.2 Å². The van der Waals surface area contributed by atoms with Crippen molar-refractivity contribution in [2.75, 3.05) is 11.5 Å². The number of carbonyl (C=O) groups is 2. The molecule has 1 saturated heterocycles. The molecular formula is C26H18Cl4N2O4S. The van der Waals surface area contributed by atoms with Crippen molar-refractivity contribution in [2.45, 2.75) is 13.5 Å². The van der Waals surface area contributed by atoms with Crippen molar-refractivity contribution in [3.63, 3.8) is 0 Å². The summed E-state index contributed by atoms with van der Waals surface area (Å²) in [4.78, 5) is 27.2. The summed E-state index contributed by atoms with van der Waals surface area (Å²) in [5, 5.41) is 3.61. The number of amides is 2. The molecule has 3 aromatic carbocycles. The quantitative estimate of drug-likeness (QED) is 0.179. The molecule has 1 aliphatic heterocycles. The van der Waals surface area contributed by atoms with Crippen molar-refractivity contribution in [1.29, 1.82) is 0 Å². The van der Waals surface area contributed by atoms with Crippen LogP contribution in [0.2, 0.25) is 20.1 Å². The number of halogens is 4. The van der Waals surface area contributed by atoms with E-state index >= 15 is 0 Å². The summed E-state index contributed by atoms with van der Waals surface area (Å²) in [5.74, 6) is -0.657. The molecule has 0 atom stereocenters. The Morgan fingerprint density at radius 2 is 1.70 bits per heavy atom. The van der Waals surface area contributed by atoms with E-state index in [1.54, 1.807) is 42.5 Å². The van der Waals surface area contributed by atoms with E-state index in [1.165, 1.54) is 6.08 Å². The number of hydrogen-bond donors (Lipinski definition) is 1. The number of carbonyl (C=O) groups excluding carboxylic acids is 2. The molecule has 37 heavy (non-hydrogen) atoms. The van der Waals surface area contributed by atoms with Gasteiger partial charge in [-0.3, -0.25) is 19.8 Å². The number of nitrogens with one attached hydrogen (secondary N) is 1. The van der Waals surface area contributed by atoms with Crippen LogP contribution in [0.4, 0.5) is 5.69 Å². The lowest BCUT2D eigenvalue weighted by molar-refractivity contribution is -0.122. The summed E-state index contributed by atoms with van der Waals surface area (Å²) in [7, 11) is 0. The number of thiocarbonyl (C=S) groups is 1. The van der Waals surface area contributed by atoms with Crippen LogP contribution in [0, 0.1) is 0 Å². The van der Waals surface area contributed by atoms with Crippen LogP contribution in [0.5, 0.6) is 11.5 Å². The van der Waals surface area contributed by atoms with Gasteiger partial charge in [0.15, 0.2) is 16.6 Å². The van der Waals surface area contributed by atoms with E-state index in [4.69, 9.17) is 68.1 Å². The summed E-state index contributed by atoms with van der Waals surface area (Å²) in [6, 6.07) is 15.2. The number of hydrogen-bond acceptors (Lipinski definition) is 5. The Labute approximate surface area is 238 Å². The largest absolute Gasteiger partial charge is 0.490 e.